The van der Waals surface area contributed by atoms with E-state index in [1.165, 1.54) is 5.57 Å². The van der Waals surface area contributed by atoms with Crippen molar-refractivity contribution >= 4 is 0 Å². The van der Waals surface area contributed by atoms with Crippen LogP contribution in [-0.2, 0) is 0 Å². The van der Waals surface area contributed by atoms with E-state index in [0.717, 1.165) is 17.8 Å². The van der Waals surface area contributed by atoms with E-state index in [-0.39, 0.29) is 0 Å². The molecule has 0 bridgehead atoms. The number of allylic oxidation sites excluding steroid dienone is 2. The van der Waals surface area contributed by atoms with Crippen molar-refractivity contribution in [1.82, 2.24) is 0 Å². The van der Waals surface area contributed by atoms with Crippen molar-refractivity contribution in [2.45, 2.75) is 48.5 Å². The Morgan fingerprint density at radius 1 is 0.833 bits per heavy atom. The number of rotatable bonds is 3. The zero-order chi connectivity index (χ0) is 9.89. The predicted molar refractivity (Wildman–Crippen MR) is 57.2 cm³/mol. The molecule has 0 amide bonds. The van der Waals surface area contributed by atoms with E-state index in [9.17, 15) is 0 Å². The molecule has 0 heteroatoms. The number of hydrogen-bond acceptors (Lipinski definition) is 0. The zero-order valence-electron chi connectivity index (χ0n) is 9.73. The summed E-state index contributed by atoms with van der Waals surface area (Å²) in [5, 5.41) is 0. The molecule has 0 N–H and O–H groups in total. The van der Waals surface area contributed by atoms with Crippen LogP contribution in [0.4, 0.5) is 0 Å². The van der Waals surface area contributed by atoms with Crippen LogP contribution in [0, 0.1) is 17.8 Å². The molecule has 0 spiro atoms. The van der Waals surface area contributed by atoms with Gasteiger partial charge in [0.25, 0.3) is 0 Å². The first-order valence-corrected chi connectivity index (χ1v) is 5.01. The molecule has 2 unspecified atom stereocenters. The van der Waals surface area contributed by atoms with Crippen LogP contribution in [-0.4, -0.2) is 0 Å². The lowest BCUT2D eigenvalue weighted by atomic mass is 9.81. The van der Waals surface area contributed by atoms with Crippen molar-refractivity contribution in [2.75, 3.05) is 0 Å². The summed E-state index contributed by atoms with van der Waals surface area (Å²) in [5.74, 6) is 2.31. The highest BCUT2D eigenvalue weighted by Gasteiger charge is 2.17. The summed E-state index contributed by atoms with van der Waals surface area (Å²) in [6.45, 7) is 16.0. The van der Waals surface area contributed by atoms with E-state index >= 15 is 0 Å². The quantitative estimate of drug-likeness (QED) is 0.552. The SMILES string of the molecule is CC(C)=C(C)C(C)C(C)C(C)C. The van der Waals surface area contributed by atoms with Gasteiger partial charge in [-0.3, -0.25) is 0 Å². The second kappa shape index (κ2) is 4.69. The van der Waals surface area contributed by atoms with E-state index in [1.54, 1.807) is 5.57 Å². The van der Waals surface area contributed by atoms with E-state index in [4.69, 9.17) is 0 Å². The first-order valence-electron chi connectivity index (χ1n) is 5.01. The fourth-order valence-electron chi connectivity index (χ4n) is 1.43. The summed E-state index contributed by atoms with van der Waals surface area (Å²) >= 11 is 0. The Balaban J connectivity index is 4.40. The van der Waals surface area contributed by atoms with Crippen molar-refractivity contribution in [3.05, 3.63) is 11.1 Å². The Hall–Kier alpha value is -0.260. The highest BCUT2D eigenvalue weighted by molar-refractivity contribution is 5.10. The van der Waals surface area contributed by atoms with Gasteiger partial charge in [0.15, 0.2) is 0 Å². The lowest BCUT2D eigenvalue weighted by Gasteiger charge is -2.25. The molecule has 0 radical (unpaired) electrons. The van der Waals surface area contributed by atoms with Crippen LogP contribution in [0.25, 0.3) is 0 Å². The van der Waals surface area contributed by atoms with E-state index in [1.807, 2.05) is 0 Å². The Kier molecular flexibility index (Phi) is 4.59. The molecule has 12 heavy (non-hydrogen) atoms. The average molecular weight is 168 g/mol. The Bertz CT molecular complexity index is 159. The van der Waals surface area contributed by atoms with Crippen LogP contribution in [0.15, 0.2) is 11.1 Å². The van der Waals surface area contributed by atoms with Crippen molar-refractivity contribution in [1.29, 1.82) is 0 Å². The molecule has 72 valence electrons. The van der Waals surface area contributed by atoms with Gasteiger partial charge < -0.3 is 0 Å². The summed E-state index contributed by atoms with van der Waals surface area (Å²) in [6.07, 6.45) is 0. The van der Waals surface area contributed by atoms with Crippen LogP contribution in [0.5, 0.6) is 0 Å². The fraction of sp³-hybridized carbons (Fsp3) is 0.833. The number of hydrogen-bond donors (Lipinski definition) is 0. The second-order valence-corrected chi connectivity index (χ2v) is 4.57. The van der Waals surface area contributed by atoms with Crippen molar-refractivity contribution in [2.24, 2.45) is 17.8 Å². The van der Waals surface area contributed by atoms with Gasteiger partial charge in [-0.25, -0.2) is 0 Å². The molecule has 0 aromatic rings. The van der Waals surface area contributed by atoms with Crippen LogP contribution >= 0.6 is 0 Å². The van der Waals surface area contributed by atoms with Gasteiger partial charge in [-0.15, -0.1) is 0 Å². The maximum atomic E-state index is 2.35. The molecule has 0 heterocycles. The lowest BCUT2D eigenvalue weighted by molar-refractivity contribution is 0.329. The summed E-state index contributed by atoms with van der Waals surface area (Å²) in [7, 11) is 0. The zero-order valence-corrected chi connectivity index (χ0v) is 9.73. The fourth-order valence-corrected chi connectivity index (χ4v) is 1.43. The summed E-state index contributed by atoms with van der Waals surface area (Å²) in [6, 6.07) is 0. The standard InChI is InChI=1S/C12H24/c1-8(2)10(5)12(7)11(6)9(3)4/h8,10,12H,1-7H3. The maximum absolute atomic E-state index is 2.35. The molecule has 0 fully saturated rings. The van der Waals surface area contributed by atoms with E-state index in [2.05, 4.69) is 48.5 Å². The van der Waals surface area contributed by atoms with Gasteiger partial charge in [0.05, 0.1) is 0 Å². The van der Waals surface area contributed by atoms with Gasteiger partial charge in [0.1, 0.15) is 0 Å². The van der Waals surface area contributed by atoms with Gasteiger partial charge in [-0.2, -0.15) is 0 Å². The first kappa shape index (κ1) is 11.7. The van der Waals surface area contributed by atoms with Crippen molar-refractivity contribution in [3.63, 3.8) is 0 Å². The van der Waals surface area contributed by atoms with Gasteiger partial charge in [0, 0.05) is 0 Å². The lowest BCUT2D eigenvalue weighted by Crippen LogP contribution is -2.15. The van der Waals surface area contributed by atoms with E-state index in [0.29, 0.717) is 0 Å². The molecular formula is C12H24. The highest BCUT2D eigenvalue weighted by atomic mass is 14.2. The van der Waals surface area contributed by atoms with Crippen LogP contribution in [0.1, 0.15) is 48.5 Å². The molecule has 2 atom stereocenters. The monoisotopic (exact) mass is 168 g/mol. The van der Waals surface area contributed by atoms with Crippen LogP contribution in [0.2, 0.25) is 0 Å². The van der Waals surface area contributed by atoms with E-state index < -0.39 is 0 Å². The molecule has 0 aromatic carbocycles. The molecule has 0 nitrogen and oxygen atoms in total. The highest BCUT2D eigenvalue weighted by Crippen LogP contribution is 2.27. The minimum atomic E-state index is 0.731. The Morgan fingerprint density at radius 2 is 1.25 bits per heavy atom. The predicted octanol–water partition coefficient (Wildman–Crippen LogP) is 4.27. The molecular weight excluding hydrogens is 144 g/mol. The van der Waals surface area contributed by atoms with Crippen molar-refractivity contribution < 1.29 is 0 Å². The first-order chi connectivity index (χ1) is 5.37. The van der Waals surface area contributed by atoms with Crippen LogP contribution in [0.3, 0.4) is 0 Å². The van der Waals surface area contributed by atoms with Gasteiger partial charge in [-0.05, 0) is 38.5 Å². The average Bonchev–Trinajstić information content (AvgIpc) is 2.00. The second-order valence-electron chi connectivity index (χ2n) is 4.57. The molecule has 0 aliphatic carbocycles. The molecule has 0 saturated carbocycles. The smallest absolute Gasteiger partial charge is 0.0204 e. The molecule has 0 aliphatic rings. The molecule has 0 saturated heterocycles. The summed E-state index contributed by atoms with van der Waals surface area (Å²) in [5.41, 5.74) is 3.05. The van der Waals surface area contributed by atoms with Crippen molar-refractivity contribution in [3.8, 4) is 0 Å². The largest absolute Gasteiger partial charge is 0.0772 e. The third-order valence-corrected chi connectivity index (χ3v) is 3.31. The molecule has 0 aromatic heterocycles. The minimum Gasteiger partial charge on any atom is -0.0772 e. The molecule has 0 rings (SSSR count). The van der Waals surface area contributed by atoms with Gasteiger partial charge in [0.2, 0.25) is 0 Å². The summed E-state index contributed by atoms with van der Waals surface area (Å²) in [4.78, 5) is 0. The maximum Gasteiger partial charge on any atom is -0.0204 e. The minimum absolute atomic E-state index is 0.731. The Labute approximate surface area is 78.1 Å². The summed E-state index contributed by atoms with van der Waals surface area (Å²) < 4.78 is 0. The normalized spacial score (nSPS) is 16.0. The van der Waals surface area contributed by atoms with Gasteiger partial charge in [-0.1, -0.05) is 38.8 Å². The van der Waals surface area contributed by atoms with Gasteiger partial charge >= 0.3 is 0 Å². The molecule has 0 aliphatic heterocycles. The third-order valence-electron chi connectivity index (χ3n) is 3.31. The Morgan fingerprint density at radius 3 is 1.50 bits per heavy atom. The third kappa shape index (κ3) is 3.00. The topological polar surface area (TPSA) is 0 Å². The van der Waals surface area contributed by atoms with Crippen LogP contribution < -0.4 is 0 Å².